The molecule has 0 saturated heterocycles. The summed E-state index contributed by atoms with van der Waals surface area (Å²) in [6, 6.07) is 13.8. The fourth-order valence-electron chi connectivity index (χ4n) is 3.27. The molecule has 6 nitrogen and oxygen atoms in total. The maximum atomic E-state index is 13.7. The Kier molecular flexibility index (Phi) is 5.59. The second-order valence-electron chi connectivity index (χ2n) is 6.54. The molecule has 4 rings (SSSR count). The number of nitrogens with one attached hydrogen (secondary N) is 1. The summed E-state index contributed by atoms with van der Waals surface area (Å²) in [6.07, 6.45) is 0.845. The Bertz CT molecular complexity index is 1070. The van der Waals surface area contributed by atoms with Gasteiger partial charge in [0.1, 0.15) is 5.82 Å². The van der Waals surface area contributed by atoms with Gasteiger partial charge in [0, 0.05) is 11.7 Å². The third kappa shape index (κ3) is 4.15. The highest BCUT2D eigenvalue weighted by molar-refractivity contribution is 8.01. The molecular weight excluding hydrogens is 411 g/mol. The van der Waals surface area contributed by atoms with Gasteiger partial charge < -0.3 is 4.90 Å². The number of rotatable bonds is 5. The molecule has 2 aromatic carbocycles. The number of carbonyl (C=O) groups is 2. The third-order valence-corrected chi connectivity index (χ3v) is 6.50. The largest absolute Gasteiger partial charge is 0.308 e. The number of anilines is 2. The van der Waals surface area contributed by atoms with Crippen molar-refractivity contribution in [2.24, 2.45) is 0 Å². The van der Waals surface area contributed by atoms with Gasteiger partial charge in [-0.05, 0) is 37.1 Å². The lowest BCUT2D eigenvalue weighted by atomic mass is 10.1. The van der Waals surface area contributed by atoms with Crippen molar-refractivity contribution >= 4 is 45.7 Å². The second-order valence-corrected chi connectivity index (χ2v) is 8.74. The monoisotopic (exact) mass is 428 g/mol. The van der Waals surface area contributed by atoms with Crippen LogP contribution in [0.5, 0.6) is 0 Å². The second kappa shape index (κ2) is 8.30. The number of thioether (sulfide) groups is 1. The number of hydrogen-bond donors (Lipinski definition) is 1. The van der Waals surface area contributed by atoms with Crippen LogP contribution in [0.15, 0.2) is 52.9 Å². The zero-order valence-electron chi connectivity index (χ0n) is 15.5. The number of carbonyl (C=O) groups excluding carboxylic acids is 2. The zero-order valence-corrected chi connectivity index (χ0v) is 17.1. The normalized spacial score (nSPS) is 15.2. The predicted molar refractivity (Wildman–Crippen MR) is 112 cm³/mol. The van der Waals surface area contributed by atoms with Gasteiger partial charge in [-0.2, -0.15) is 0 Å². The van der Waals surface area contributed by atoms with Gasteiger partial charge in [0.25, 0.3) is 5.91 Å². The molecule has 1 unspecified atom stereocenters. The van der Waals surface area contributed by atoms with Crippen LogP contribution in [-0.4, -0.2) is 33.8 Å². The molecule has 1 N–H and O–H groups in total. The fourth-order valence-corrected chi connectivity index (χ4v) is 4.87. The Morgan fingerprint density at radius 2 is 1.97 bits per heavy atom. The molecule has 2 heterocycles. The van der Waals surface area contributed by atoms with Crippen LogP contribution in [0.1, 0.15) is 22.8 Å². The number of fused-ring (bicyclic) bond motifs is 1. The van der Waals surface area contributed by atoms with Gasteiger partial charge >= 0.3 is 0 Å². The summed E-state index contributed by atoms with van der Waals surface area (Å²) < 4.78 is 14.3. The number of nitrogens with zero attached hydrogens (tertiary/aromatic N) is 3. The van der Waals surface area contributed by atoms with E-state index in [2.05, 4.69) is 15.5 Å². The molecule has 1 aromatic heterocycles. The van der Waals surface area contributed by atoms with Gasteiger partial charge in [-0.25, -0.2) is 4.39 Å². The topological polar surface area (TPSA) is 75.2 Å². The molecule has 1 aliphatic rings. The van der Waals surface area contributed by atoms with Crippen molar-refractivity contribution in [1.82, 2.24) is 10.2 Å². The summed E-state index contributed by atoms with van der Waals surface area (Å²) in [4.78, 5) is 26.7. The smallest absolute Gasteiger partial charge is 0.260 e. The van der Waals surface area contributed by atoms with E-state index in [0.29, 0.717) is 4.34 Å². The van der Waals surface area contributed by atoms with Crippen molar-refractivity contribution < 1.29 is 14.0 Å². The molecule has 0 fully saturated rings. The number of amides is 2. The molecule has 29 heavy (non-hydrogen) atoms. The minimum absolute atomic E-state index is 0.000378. The van der Waals surface area contributed by atoms with E-state index in [1.165, 1.54) is 35.5 Å². The van der Waals surface area contributed by atoms with Crippen LogP contribution in [0.25, 0.3) is 0 Å². The van der Waals surface area contributed by atoms with E-state index in [1.807, 2.05) is 36.1 Å². The highest BCUT2D eigenvalue weighted by Gasteiger charge is 2.30. The number of halogens is 1. The Morgan fingerprint density at radius 3 is 2.79 bits per heavy atom. The summed E-state index contributed by atoms with van der Waals surface area (Å²) in [6.45, 7) is 2.03. The molecule has 0 spiro atoms. The van der Waals surface area contributed by atoms with Crippen molar-refractivity contribution in [1.29, 1.82) is 0 Å². The molecule has 1 atom stereocenters. The Morgan fingerprint density at radius 1 is 1.21 bits per heavy atom. The summed E-state index contributed by atoms with van der Waals surface area (Å²) in [5.41, 5.74) is 2.07. The average molecular weight is 429 g/mol. The van der Waals surface area contributed by atoms with Crippen molar-refractivity contribution in [3.63, 3.8) is 0 Å². The number of para-hydroxylation sites is 1. The van der Waals surface area contributed by atoms with E-state index in [1.54, 1.807) is 6.07 Å². The van der Waals surface area contributed by atoms with Gasteiger partial charge in [-0.3, -0.25) is 14.9 Å². The van der Waals surface area contributed by atoms with Crippen molar-refractivity contribution in [3.05, 3.63) is 65.5 Å². The maximum Gasteiger partial charge on any atom is 0.260 e. The first kappa shape index (κ1) is 19.5. The van der Waals surface area contributed by atoms with Gasteiger partial charge in [0.2, 0.25) is 11.0 Å². The van der Waals surface area contributed by atoms with Crippen molar-refractivity contribution in [2.75, 3.05) is 16.0 Å². The first-order valence-corrected chi connectivity index (χ1v) is 10.8. The van der Waals surface area contributed by atoms with Crippen LogP contribution in [0, 0.1) is 5.82 Å². The van der Waals surface area contributed by atoms with E-state index < -0.39 is 11.7 Å². The van der Waals surface area contributed by atoms with Crippen molar-refractivity contribution in [3.8, 4) is 0 Å². The van der Waals surface area contributed by atoms with E-state index in [-0.39, 0.29) is 28.4 Å². The Hall–Kier alpha value is -2.78. The molecule has 0 saturated carbocycles. The summed E-state index contributed by atoms with van der Waals surface area (Å²) >= 11 is 2.42. The van der Waals surface area contributed by atoms with Crippen LogP contribution in [0.4, 0.5) is 15.2 Å². The van der Waals surface area contributed by atoms with E-state index >= 15 is 0 Å². The maximum absolute atomic E-state index is 13.7. The van der Waals surface area contributed by atoms with E-state index in [0.717, 1.165) is 23.4 Å². The van der Waals surface area contributed by atoms with Gasteiger partial charge in [0.15, 0.2) is 4.34 Å². The molecular formula is C20H17FN4O2S2. The molecule has 0 bridgehead atoms. The highest BCUT2D eigenvalue weighted by Crippen LogP contribution is 2.33. The minimum Gasteiger partial charge on any atom is -0.308 e. The summed E-state index contributed by atoms with van der Waals surface area (Å²) in [5.74, 6) is -0.974. The van der Waals surface area contributed by atoms with Crippen LogP contribution >= 0.6 is 23.1 Å². The Balaban J connectivity index is 1.37. The number of hydrogen-bond acceptors (Lipinski definition) is 6. The minimum atomic E-state index is -0.602. The lowest BCUT2D eigenvalue weighted by Gasteiger charge is -2.22. The van der Waals surface area contributed by atoms with Gasteiger partial charge in [-0.1, -0.05) is 53.4 Å². The standard InChI is InChI=1S/C20H17FN4O2S2/c1-12-10-13-6-2-5-9-16(13)25(12)17(26)11-28-20-24-23-19(29-20)22-18(27)14-7-3-4-8-15(14)21/h2-9,12H,10-11H2,1H3,(H,22,23,27). The average Bonchev–Trinajstić information content (AvgIpc) is 3.29. The first-order chi connectivity index (χ1) is 14.0. The molecule has 0 radical (unpaired) electrons. The molecule has 9 heteroatoms. The lowest BCUT2D eigenvalue weighted by molar-refractivity contribution is -0.116. The van der Waals surface area contributed by atoms with Crippen LogP contribution < -0.4 is 10.2 Å². The predicted octanol–water partition coefficient (Wildman–Crippen LogP) is 4.00. The van der Waals surface area contributed by atoms with E-state index in [4.69, 9.17) is 0 Å². The van der Waals surface area contributed by atoms with Gasteiger partial charge in [-0.15, -0.1) is 10.2 Å². The molecule has 1 aliphatic heterocycles. The lowest BCUT2D eigenvalue weighted by Crippen LogP contribution is -2.36. The van der Waals surface area contributed by atoms with Crippen molar-refractivity contribution in [2.45, 2.75) is 23.7 Å². The van der Waals surface area contributed by atoms with Crippen LogP contribution in [0.2, 0.25) is 0 Å². The highest BCUT2D eigenvalue weighted by atomic mass is 32.2. The number of aromatic nitrogens is 2. The molecule has 0 aliphatic carbocycles. The van der Waals surface area contributed by atoms with Crippen LogP contribution in [-0.2, 0) is 11.2 Å². The number of benzene rings is 2. The summed E-state index contributed by atoms with van der Waals surface area (Å²) in [7, 11) is 0. The van der Waals surface area contributed by atoms with Gasteiger partial charge in [0.05, 0.1) is 11.3 Å². The fraction of sp³-hybridized carbons (Fsp3) is 0.200. The molecule has 3 aromatic rings. The molecule has 2 amide bonds. The summed E-state index contributed by atoms with van der Waals surface area (Å²) in [5, 5.41) is 10.7. The quantitative estimate of drug-likeness (QED) is 0.491. The zero-order chi connectivity index (χ0) is 20.4. The first-order valence-electron chi connectivity index (χ1n) is 8.95. The SMILES string of the molecule is CC1Cc2ccccc2N1C(=O)CSc1nnc(NC(=O)c2ccccc2F)s1. The van der Waals surface area contributed by atoms with Crippen LogP contribution in [0.3, 0.4) is 0 Å². The van der Waals surface area contributed by atoms with E-state index in [9.17, 15) is 14.0 Å². The Labute approximate surface area is 175 Å². The molecule has 148 valence electrons. The third-order valence-electron chi connectivity index (χ3n) is 4.54.